The number of nitrogens with zero attached hydrogens (tertiary/aromatic N) is 3. The van der Waals surface area contributed by atoms with E-state index in [4.69, 9.17) is 0 Å². The predicted octanol–water partition coefficient (Wildman–Crippen LogP) is 0.618. The number of hydrogen-bond donors (Lipinski definition) is 1. The Balaban J connectivity index is 1.76. The number of hydrogen-bond acceptors (Lipinski definition) is 8. The lowest BCUT2D eigenvalue weighted by Gasteiger charge is -2.08. The molecule has 0 bridgehead atoms. The number of esters is 1. The van der Waals surface area contributed by atoms with Gasteiger partial charge in [0.15, 0.2) is 0 Å². The summed E-state index contributed by atoms with van der Waals surface area (Å²) in [5.74, 6) is -0.725. The molecule has 0 aliphatic carbocycles. The molecule has 2 heterocycles. The van der Waals surface area contributed by atoms with E-state index in [-0.39, 0.29) is 28.4 Å². The van der Waals surface area contributed by atoms with Crippen LogP contribution < -0.4 is 10.3 Å². The quantitative estimate of drug-likeness (QED) is 0.608. The zero-order chi connectivity index (χ0) is 18.7. The lowest BCUT2D eigenvalue weighted by molar-refractivity contribution is 0.0602. The molecule has 26 heavy (non-hydrogen) atoms. The number of methoxy groups -OCH3 is 1. The summed E-state index contributed by atoms with van der Waals surface area (Å²) in [6.45, 7) is -0.0979. The third kappa shape index (κ3) is 3.49. The summed E-state index contributed by atoms with van der Waals surface area (Å²) >= 11 is 0.972. The van der Waals surface area contributed by atoms with Crippen molar-refractivity contribution in [3.63, 3.8) is 0 Å². The number of rotatable bonds is 6. The van der Waals surface area contributed by atoms with Crippen LogP contribution in [-0.2, 0) is 21.3 Å². The van der Waals surface area contributed by atoms with Crippen LogP contribution in [0.1, 0.15) is 9.67 Å². The van der Waals surface area contributed by atoms with Crippen molar-refractivity contribution in [3.8, 4) is 0 Å². The van der Waals surface area contributed by atoms with Gasteiger partial charge in [0.05, 0.1) is 19.0 Å². The van der Waals surface area contributed by atoms with Crippen molar-refractivity contribution in [2.24, 2.45) is 0 Å². The number of thiophene rings is 1. The van der Waals surface area contributed by atoms with E-state index in [1.807, 2.05) is 0 Å². The van der Waals surface area contributed by atoms with Crippen LogP contribution in [0, 0.1) is 0 Å². The summed E-state index contributed by atoms with van der Waals surface area (Å²) in [6.07, 6.45) is 0. The Morgan fingerprint density at radius 1 is 1.31 bits per heavy atom. The number of aromatic nitrogens is 3. The molecule has 0 aliphatic rings. The van der Waals surface area contributed by atoms with Gasteiger partial charge in [-0.1, -0.05) is 17.3 Å². The molecule has 1 aromatic carbocycles. The molecule has 136 valence electrons. The van der Waals surface area contributed by atoms with E-state index in [1.165, 1.54) is 18.6 Å². The van der Waals surface area contributed by atoms with Crippen molar-refractivity contribution < 1.29 is 17.9 Å². The van der Waals surface area contributed by atoms with Crippen LogP contribution >= 0.6 is 11.3 Å². The van der Waals surface area contributed by atoms with Gasteiger partial charge in [0, 0.05) is 6.54 Å². The van der Waals surface area contributed by atoms with Gasteiger partial charge >= 0.3 is 5.97 Å². The van der Waals surface area contributed by atoms with Gasteiger partial charge in [-0.3, -0.25) is 4.79 Å². The summed E-state index contributed by atoms with van der Waals surface area (Å²) in [4.78, 5) is 23.8. The van der Waals surface area contributed by atoms with Crippen LogP contribution in [-0.4, -0.2) is 43.0 Å². The molecule has 0 amide bonds. The van der Waals surface area contributed by atoms with E-state index < -0.39 is 16.0 Å². The number of sulfonamides is 1. The van der Waals surface area contributed by atoms with E-state index in [0.717, 1.165) is 16.0 Å². The van der Waals surface area contributed by atoms with Gasteiger partial charge in [0.1, 0.15) is 15.3 Å². The number of nitrogens with one attached hydrogen (secondary N) is 1. The summed E-state index contributed by atoms with van der Waals surface area (Å²) in [5.41, 5.74) is 0.107. The van der Waals surface area contributed by atoms with Crippen molar-refractivity contribution in [2.75, 3.05) is 13.7 Å². The standard InChI is InChI=1S/C15H14N4O5S2/c1-24-15(21)13-12(6-9-25-13)26(22,23)16-7-8-19-14(20)10-4-2-3-5-11(10)17-18-19/h2-6,9,16H,7-8H2,1H3. The second-order valence-corrected chi connectivity index (χ2v) is 7.79. The number of benzene rings is 1. The van der Waals surface area contributed by atoms with Gasteiger partial charge in [-0.15, -0.1) is 16.4 Å². The van der Waals surface area contributed by atoms with E-state index in [2.05, 4.69) is 19.8 Å². The highest BCUT2D eigenvalue weighted by atomic mass is 32.2. The molecule has 0 fully saturated rings. The lowest BCUT2D eigenvalue weighted by atomic mass is 10.2. The first-order chi connectivity index (χ1) is 12.4. The van der Waals surface area contributed by atoms with Crippen LogP contribution in [0.3, 0.4) is 0 Å². The average Bonchev–Trinajstić information content (AvgIpc) is 3.14. The third-order valence-corrected chi connectivity index (χ3v) is 6.06. The minimum Gasteiger partial charge on any atom is -0.465 e. The topological polar surface area (TPSA) is 120 Å². The van der Waals surface area contributed by atoms with E-state index in [1.54, 1.807) is 24.3 Å². The van der Waals surface area contributed by atoms with Crippen LogP contribution in [0.25, 0.3) is 10.9 Å². The first kappa shape index (κ1) is 18.2. The number of carbonyl (C=O) groups is 1. The fourth-order valence-electron chi connectivity index (χ4n) is 2.28. The smallest absolute Gasteiger partial charge is 0.349 e. The summed E-state index contributed by atoms with van der Waals surface area (Å²) in [6, 6.07) is 8.07. The van der Waals surface area contributed by atoms with Crippen molar-refractivity contribution in [3.05, 3.63) is 50.9 Å². The van der Waals surface area contributed by atoms with Crippen LogP contribution in [0.5, 0.6) is 0 Å². The zero-order valence-electron chi connectivity index (χ0n) is 13.6. The SMILES string of the molecule is COC(=O)c1sccc1S(=O)(=O)NCCn1nnc2ccccc2c1=O. The predicted molar refractivity (Wildman–Crippen MR) is 94.6 cm³/mol. The van der Waals surface area contributed by atoms with E-state index >= 15 is 0 Å². The normalized spacial score (nSPS) is 11.6. The molecule has 0 unspecified atom stereocenters. The average molecular weight is 394 g/mol. The van der Waals surface area contributed by atoms with Crippen LogP contribution in [0.4, 0.5) is 0 Å². The van der Waals surface area contributed by atoms with Crippen LogP contribution in [0.2, 0.25) is 0 Å². The molecule has 0 atom stereocenters. The maximum atomic E-state index is 12.4. The minimum atomic E-state index is -3.93. The monoisotopic (exact) mass is 394 g/mol. The highest BCUT2D eigenvalue weighted by Gasteiger charge is 2.24. The Morgan fingerprint density at radius 3 is 2.85 bits per heavy atom. The number of ether oxygens (including phenoxy) is 1. The Kier molecular flexibility index (Phi) is 5.11. The maximum Gasteiger partial charge on any atom is 0.349 e. The molecule has 0 spiro atoms. The van der Waals surface area contributed by atoms with Gasteiger partial charge in [-0.05, 0) is 23.6 Å². The Bertz CT molecular complexity index is 1120. The third-order valence-electron chi connectivity index (χ3n) is 3.53. The Labute approximate surface area is 152 Å². The zero-order valence-corrected chi connectivity index (χ0v) is 15.2. The summed E-state index contributed by atoms with van der Waals surface area (Å²) in [5, 5.41) is 9.61. The molecule has 0 saturated heterocycles. The molecular weight excluding hydrogens is 380 g/mol. The van der Waals surface area contributed by atoms with Crippen molar-refractivity contribution >= 4 is 38.2 Å². The summed E-state index contributed by atoms with van der Waals surface area (Å²) < 4.78 is 32.8. The minimum absolute atomic E-state index is 0.00636. The molecule has 1 N–H and O–H groups in total. The van der Waals surface area contributed by atoms with Gasteiger partial charge < -0.3 is 4.74 Å². The molecule has 0 radical (unpaired) electrons. The van der Waals surface area contributed by atoms with Crippen LogP contribution in [0.15, 0.2) is 45.4 Å². The van der Waals surface area contributed by atoms with Crippen molar-refractivity contribution in [1.82, 2.24) is 19.7 Å². The largest absolute Gasteiger partial charge is 0.465 e. The summed E-state index contributed by atoms with van der Waals surface area (Å²) in [7, 11) is -2.75. The highest BCUT2D eigenvalue weighted by Crippen LogP contribution is 2.22. The molecule has 0 aliphatic heterocycles. The number of fused-ring (bicyclic) bond motifs is 1. The fraction of sp³-hybridized carbons (Fsp3) is 0.200. The van der Waals surface area contributed by atoms with E-state index in [9.17, 15) is 18.0 Å². The first-order valence-corrected chi connectivity index (χ1v) is 9.78. The molecule has 3 aromatic rings. The molecular formula is C15H14N4O5S2. The molecule has 2 aromatic heterocycles. The highest BCUT2D eigenvalue weighted by molar-refractivity contribution is 7.89. The van der Waals surface area contributed by atoms with Gasteiger partial charge in [0.25, 0.3) is 5.56 Å². The number of carbonyl (C=O) groups excluding carboxylic acids is 1. The molecule has 3 rings (SSSR count). The van der Waals surface area contributed by atoms with Gasteiger partial charge in [-0.2, -0.15) is 0 Å². The fourth-order valence-corrected chi connectivity index (χ4v) is 4.64. The second-order valence-electron chi connectivity index (χ2n) is 5.14. The second kappa shape index (κ2) is 7.32. The van der Waals surface area contributed by atoms with Crippen molar-refractivity contribution in [1.29, 1.82) is 0 Å². The van der Waals surface area contributed by atoms with E-state index in [0.29, 0.717) is 10.9 Å². The van der Waals surface area contributed by atoms with Gasteiger partial charge in [-0.25, -0.2) is 22.6 Å². The molecule has 0 saturated carbocycles. The van der Waals surface area contributed by atoms with Gasteiger partial charge in [0.2, 0.25) is 10.0 Å². The molecule has 9 nitrogen and oxygen atoms in total. The maximum absolute atomic E-state index is 12.4. The lowest BCUT2D eigenvalue weighted by Crippen LogP contribution is -2.33. The van der Waals surface area contributed by atoms with Crippen molar-refractivity contribution in [2.45, 2.75) is 11.4 Å². The Morgan fingerprint density at radius 2 is 2.08 bits per heavy atom. The first-order valence-electron chi connectivity index (χ1n) is 7.42. The Hall–Kier alpha value is -2.63. The molecule has 11 heteroatoms.